The molecule has 2 heterocycles. The van der Waals surface area contributed by atoms with Gasteiger partial charge in [0.2, 0.25) is 0 Å². The van der Waals surface area contributed by atoms with Crippen molar-refractivity contribution in [3.8, 4) is 17.1 Å². The van der Waals surface area contributed by atoms with Crippen molar-refractivity contribution in [1.29, 1.82) is 0 Å². The predicted molar refractivity (Wildman–Crippen MR) is 76.6 cm³/mol. The second kappa shape index (κ2) is 4.53. The molecule has 1 saturated carbocycles. The molecule has 1 aliphatic rings. The van der Waals surface area contributed by atoms with Gasteiger partial charge in [0.05, 0.1) is 11.9 Å². The average Bonchev–Trinajstić information content (AvgIpc) is 3.16. The molecule has 1 fully saturated rings. The Hall–Kier alpha value is -2.47. The summed E-state index contributed by atoms with van der Waals surface area (Å²) in [4.78, 5) is 8.52. The van der Waals surface area contributed by atoms with Gasteiger partial charge in [-0.1, -0.05) is 11.2 Å². The summed E-state index contributed by atoms with van der Waals surface area (Å²) in [7, 11) is 0. The second-order valence-electron chi connectivity index (χ2n) is 5.45. The highest BCUT2D eigenvalue weighted by Gasteiger charge is 2.39. The molecule has 6 nitrogen and oxygen atoms in total. The van der Waals surface area contributed by atoms with E-state index in [0.29, 0.717) is 11.7 Å². The number of imidazole rings is 1. The summed E-state index contributed by atoms with van der Waals surface area (Å²) in [6, 6.07) is 7.89. The SMILES string of the molecule is NC1(c2noc(-c3cccc(-n4ccnc4)c3)n2)CCC1. The standard InChI is InChI=1S/C15H15N5O/c16-15(5-2-6-15)14-18-13(21-19-14)11-3-1-4-12(9-11)20-8-7-17-10-20/h1,3-4,7-10H,2,5-6,16H2. The first kappa shape index (κ1) is 12.3. The number of hydrogen-bond donors (Lipinski definition) is 1. The number of nitrogens with two attached hydrogens (primary N) is 1. The van der Waals surface area contributed by atoms with Gasteiger partial charge in [0.15, 0.2) is 5.82 Å². The Morgan fingerprint density at radius 1 is 1.29 bits per heavy atom. The number of hydrogen-bond acceptors (Lipinski definition) is 5. The molecule has 21 heavy (non-hydrogen) atoms. The molecule has 2 aromatic heterocycles. The predicted octanol–water partition coefficient (Wildman–Crippen LogP) is 2.26. The molecule has 106 valence electrons. The van der Waals surface area contributed by atoms with Crippen LogP contribution >= 0.6 is 0 Å². The van der Waals surface area contributed by atoms with E-state index in [4.69, 9.17) is 10.3 Å². The number of rotatable bonds is 3. The molecular weight excluding hydrogens is 266 g/mol. The third kappa shape index (κ3) is 2.04. The Morgan fingerprint density at radius 2 is 2.19 bits per heavy atom. The van der Waals surface area contributed by atoms with Crippen molar-refractivity contribution in [2.24, 2.45) is 5.73 Å². The molecular formula is C15H15N5O. The van der Waals surface area contributed by atoms with Gasteiger partial charge in [-0.15, -0.1) is 0 Å². The van der Waals surface area contributed by atoms with E-state index in [1.165, 1.54) is 0 Å². The van der Waals surface area contributed by atoms with Gasteiger partial charge in [-0.2, -0.15) is 4.98 Å². The summed E-state index contributed by atoms with van der Waals surface area (Å²) in [5, 5.41) is 4.05. The Balaban J connectivity index is 1.69. The first-order chi connectivity index (χ1) is 10.2. The maximum Gasteiger partial charge on any atom is 0.258 e. The molecule has 2 N–H and O–H groups in total. The van der Waals surface area contributed by atoms with E-state index in [-0.39, 0.29) is 0 Å². The Labute approximate surface area is 121 Å². The molecule has 0 amide bonds. The largest absolute Gasteiger partial charge is 0.334 e. The van der Waals surface area contributed by atoms with Crippen molar-refractivity contribution < 1.29 is 4.52 Å². The minimum atomic E-state index is -0.399. The Bertz CT molecular complexity index is 758. The molecule has 3 aromatic rings. The van der Waals surface area contributed by atoms with Crippen LogP contribution in [-0.4, -0.2) is 19.7 Å². The second-order valence-corrected chi connectivity index (χ2v) is 5.45. The van der Waals surface area contributed by atoms with Crippen LogP contribution in [0.25, 0.3) is 17.1 Å². The lowest BCUT2D eigenvalue weighted by Crippen LogP contribution is -2.44. The van der Waals surface area contributed by atoms with Crippen LogP contribution in [0.3, 0.4) is 0 Å². The molecule has 1 aromatic carbocycles. The van der Waals surface area contributed by atoms with Crippen LogP contribution in [0.1, 0.15) is 25.1 Å². The normalized spacial score (nSPS) is 16.6. The molecule has 4 rings (SSSR count). The van der Waals surface area contributed by atoms with Crippen LogP contribution in [0, 0.1) is 0 Å². The highest BCUT2D eigenvalue weighted by molar-refractivity contribution is 5.57. The maximum absolute atomic E-state index is 6.23. The molecule has 1 aliphatic carbocycles. The van der Waals surface area contributed by atoms with Crippen molar-refractivity contribution in [3.05, 3.63) is 48.8 Å². The summed E-state index contributed by atoms with van der Waals surface area (Å²) in [5.41, 5.74) is 7.70. The van der Waals surface area contributed by atoms with Gasteiger partial charge in [0.25, 0.3) is 5.89 Å². The van der Waals surface area contributed by atoms with Gasteiger partial charge < -0.3 is 14.8 Å². The van der Waals surface area contributed by atoms with Gasteiger partial charge in [-0.05, 0) is 37.5 Å². The van der Waals surface area contributed by atoms with Crippen LogP contribution in [0.15, 0.2) is 47.5 Å². The molecule has 0 saturated heterocycles. The fourth-order valence-corrected chi connectivity index (χ4v) is 2.54. The van der Waals surface area contributed by atoms with Crippen molar-refractivity contribution in [3.63, 3.8) is 0 Å². The van der Waals surface area contributed by atoms with Gasteiger partial charge in [0.1, 0.15) is 0 Å². The summed E-state index contributed by atoms with van der Waals surface area (Å²) in [6.45, 7) is 0. The lowest BCUT2D eigenvalue weighted by Gasteiger charge is -2.34. The Morgan fingerprint density at radius 3 is 2.90 bits per heavy atom. The van der Waals surface area contributed by atoms with Crippen molar-refractivity contribution in [2.45, 2.75) is 24.8 Å². The van der Waals surface area contributed by atoms with E-state index in [2.05, 4.69) is 15.1 Å². The van der Waals surface area contributed by atoms with Crippen LogP contribution < -0.4 is 5.73 Å². The summed E-state index contributed by atoms with van der Waals surface area (Å²) in [5.74, 6) is 1.11. The van der Waals surface area contributed by atoms with Crippen LogP contribution in [0.2, 0.25) is 0 Å². The summed E-state index contributed by atoms with van der Waals surface area (Å²) in [6.07, 6.45) is 8.34. The van der Waals surface area contributed by atoms with E-state index < -0.39 is 5.54 Å². The average molecular weight is 281 g/mol. The van der Waals surface area contributed by atoms with Gasteiger partial charge >= 0.3 is 0 Å². The first-order valence-electron chi connectivity index (χ1n) is 6.96. The zero-order valence-corrected chi connectivity index (χ0v) is 11.4. The van der Waals surface area contributed by atoms with Crippen molar-refractivity contribution in [2.75, 3.05) is 0 Å². The minimum Gasteiger partial charge on any atom is -0.334 e. The maximum atomic E-state index is 6.23. The lowest BCUT2D eigenvalue weighted by molar-refractivity contribution is 0.229. The van der Waals surface area contributed by atoms with E-state index in [0.717, 1.165) is 30.5 Å². The van der Waals surface area contributed by atoms with Gasteiger partial charge in [0, 0.05) is 23.6 Å². The van der Waals surface area contributed by atoms with Crippen molar-refractivity contribution >= 4 is 0 Å². The Kier molecular flexibility index (Phi) is 2.65. The molecule has 6 heteroatoms. The smallest absolute Gasteiger partial charge is 0.258 e. The van der Waals surface area contributed by atoms with Gasteiger partial charge in [-0.3, -0.25) is 0 Å². The van der Waals surface area contributed by atoms with Crippen LogP contribution in [-0.2, 0) is 5.54 Å². The van der Waals surface area contributed by atoms with E-state index in [1.807, 2.05) is 35.0 Å². The van der Waals surface area contributed by atoms with Crippen LogP contribution in [0.4, 0.5) is 0 Å². The van der Waals surface area contributed by atoms with E-state index in [9.17, 15) is 0 Å². The topological polar surface area (TPSA) is 82.8 Å². The molecule has 0 radical (unpaired) electrons. The third-order valence-corrected chi connectivity index (χ3v) is 4.01. The van der Waals surface area contributed by atoms with Gasteiger partial charge in [-0.25, -0.2) is 4.98 Å². The highest BCUT2D eigenvalue weighted by Crippen LogP contribution is 2.37. The van der Waals surface area contributed by atoms with E-state index >= 15 is 0 Å². The minimum absolute atomic E-state index is 0.399. The monoisotopic (exact) mass is 281 g/mol. The fourth-order valence-electron chi connectivity index (χ4n) is 2.54. The lowest BCUT2D eigenvalue weighted by atomic mass is 9.77. The van der Waals surface area contributed by atoms with Crippen LogP contribution in [0.5, 0.6) is 0 Å². The van der Waals surface area contributed by atoms with E-state index in [1.54, 1.807) is 12.5 Å². The highest BCUT2D eigenvalue weighted by atomic mass is 16.5. The first-order valence-corrected chi connectivity index (χ1v) is 6.96. The zero-order valence-electron chi connectivity index (χ0n) is 11.4. The van der Waals surface area contributed by atoms with Crippen molar-refractivity contribution in [1.82, 2.24) is 19.7 Å². The number of benzene rings is 1. The molecule has 0 spiro atoms. The molecule has 0 atom stereocenters. The number of aromatic nitrogens is 4. The molecule has 0 bridgehead atoms. The summed E-state index contributed by atoms with van der Waals surface area (Å²) >= 11 is 0. The zero-order chi connectivity index (χ0) is 14.3. The third-order valence-electron chi connectivity index (χ3n) is 4.01. The summed E-state index contributed by atoms with van der Waals surface area (Å²) < 4.78 is 7.31. The quantitative estimate of drug-likeness (QED) is 0.796. The number of nitrogens with zero attached hydrogens (tertiary/aromatic N) is 4. The molecule has 0 aliphatic heterocycles. The molecule has 0 unspecified atom stereocenters. The fraction of sp³-hybridized carbons (Fsp3) is 0.267.